The fraction of sp³-hybridized carbons (Fsp3) is 0.200. The molecule has 0 aliphatic heterocycles. The summed E-state index contributed by atoms with van der Waals surface area (Å²) in [5, 5.41) is 17.0. The van der Waals surface area contributed by atoms with Crippen LogP contribution in [0.15, 0.2) is 24.3 Å². The van der Waals surface area contributed by atoms with Gasteiger partial charge in [0.15, 0.2) is 0 Å². The van der Waals surface area contributed by atoms with E-state index in [-0.39, 0.29) is 18.4 Å². The molecule has 1 aromatic carbocycles. The molecule has 0 aliphatic rings. The van der Waals surface area contributed by atoms with Gasteiger partial charge in [-0.3, -0.25) is 0 Å². The first kappa shape index (κ1) is 12.4. The second kappa shape index (κ2) is 5.99. The monoisotopic (exact) mass is 207 g/mol. The maximum Gasteiger partial charge on any atom is 0.0991 e. The SMILES string of the molecule is Cl.N#CC[C@H](N)c1ccc(C#N)cc1. The van der Waals surface area contributed by atoms with Crippen molar-refractivity contribution in [3.63, 3.8) is 0 Å². The fourth-order valence-electron chi connectivity index (χ4n) is 1.02. The highest BCUT2D eigenvalue weighted by Gasteiger charge is 2.03. The maximum absolute atomic E-state index is 8.54. The Balaban J connectivity index is 0.00000169. The highest BCUT2D eigenvalue weighted by Crippen LogP contribution is 2.13. The van der Waals surface area contributed by atoms with Crippen LogP contribution >= 0.6 is 12.4 Å². The molecule has 3 nitrogen and oxygen atoms in total. The fourth-order valence-corrected chi connectivity index (χ4v) is 1.02. The lowest BCUT2D eigenvalue weighted by Crippen LogP contribution is -2.08. The van der Waals surface area contributed by atoms with Crippen molar-refractivity contribution in [2.75, 3.05) is 0 Å². The Labute approximate surface area is 89.2 Å². The summed E-state index contributed by atoms with van der Waals surface area (Å²) in [5.74, 6) is 0. The molecule has 0 aromatic heterocycles. The highest BCUT2D eigenvalue weighted by molar-refractivity contribution is 5.85. The Bertz CT molecular complexity index is 358. The summed E-state index contributed by atoms with van der Waals surface area (Å²) in [6, 6.07) is 10.7. The van der Waals surface area contributed by atoms with Gasteiger partial charge in [0.2, 0.25) is 0 Å². The first-order valence-electron chi connectivity index (χ1n) is 3.90. The van der Waals surface area contributed by atoms with E-state index in [4.69, 9.17) is 16.3 Å². The second-order valence-electron chi connectivity index (χ2n) is 2.70. The zero-order valence-corrected chi connectivity index (χ0v) is 8.29. The number of nitrogens with two attached hydrogens (primary N) is 1. The molecule has 1 aromatic rings. The van der Waals surface area contributed by atoms with Crippen LogP contribution in [0.2, 0.25) is 0 Å². The van der Waals surface area contributed by atoms with Crippen LogP contribution in [0.5, 0.6) is 0 Å². The Hall–Kier alpha value is -1.55. The zero-order valence-electron chi connectivity index (χ0n) is 7.47. The topological polar surface area (TPSA) is 73.6 Å². The van der Waals surface area contributed by atoms with Crippen molar-refractivity contribution in [1.29, 1.82) is 10.5 Å². The minimum Gasteiger partial charge on any atom is -0.323 e. The molecule has 0 saturated carbocycles. The molecule has 0 unspecified atom stereocenters. The third-order valence-electron chi connectivity index (χ3n) is 1.78. The van der Waals surface area contributed by atoms with Gasteiger partial charge in [0.05, 0.1) is 24.1 Å². The highest BCUT2D eigenvalue weighted by atomic mass is 35.5. The minimum atomic E-state index is -0.252. The van der Waals surface area contributed by atoms with Crippen molar-refractivity contribution in [2.24, 2.45) is 5.73 Å². The molecule has 0 amide bonds. The lowest BCUT2D eigenvalue weighted by Gasteiger charge is -2.06. The van der Waals surface area contributed by atoms with Gasteiger partial charge in [-0.05, 0) is 17.7 Å². The maximum atomic E-state index is 8.54. The standard InChI is InChI=1S/C10H9N3.ClH/c11-6-5-10(13)9-3-1-8(7-12)2-4-9;/h1-4,10H,5,13H2;1H/t10-;/m0./s1. The number of rotatable bonds is 2. The largest absolute Gasteiger partial charge is 0.323 e. The molecule has 2 N–H and O–H groups in total. The molecular weight excluding hydrogens is 198 g/mol. The van der Waals surface area contributed by atoms with Crippen LogP contribution in [0, 0.1) is 22.7 Å². The van der Waals surface area contributed by atoms with Gasteiger partial charge in [0, 0.05) is 6.04 Å². The number of hydrogen-bond donors (Lipinski definition) is 1. The summed E-state index contributed by atoms with van der Waals surface area (Å²) in [5.41, 5.74) is 7.19. The van der Waals surface area contributed by atoms with Crippen molar-refractivity contribution in [2.45, 2.75) is 12.5 Å². The number of hydrogen-bond acceptors (Lipinski definition) is 3. The summed E-state index contributed by atoms with van der Waals surface area (Å²) >= 11 is 0. The third-order valence-corrected chi connectivity index (χ3v) is 1.78. The molecule has 0 fully saturated rings. The Morgan fingerprint density at radius 3 is 2.21 bits per heavy atom. The summed E-state index contributed by atoms with van der Waals surface area (Å²) in [7, 11) is 0. The number of nitrogens with zero attached hydrogens (tertiary/aromatic N) is 2. The molecule has 0 saturated heterocycles. The van der Waals surface area contributed by atoms with E-state index in [2.05, 4.69) is 0 Å². The minimum absolute atomic E-state index is 0. The lowest BCUT2D eigenvalue weighted by molar-refractivity contribution is 0.748. The summed E-state index contributed by atoms with van der Waals surface area (Å²) in [6.45, 7) is 0. The molecule has 4 heteroatoms. The van der Waals surface area contributed by atoms with Crippen LogP contribution in [0.4, 0.5) is 0 Å². The van der Waals surface area contributed by atoms with E-state index in [1.807, 2.05) is 12.1 Å². The van der Waals surface area contributed by atoms with Gasteiger partial charge in [-0.1, -0.05) is 12.1 Å². The van der Waals surface area contributed by atoms with Crippen molar-refractivity contribution in [3.8, 4) is 12.1 Å². The molecule has 0 heterocycles. The average Bonchev–Trinajstić information content (AvgIpc) is 2.18. The quantitative estimate of drug-likeness (QED) is 0.805. The second-order valence-corrected chi connectivity index (χ2v) is 2.70. The van der Waals surface area contributed by atoms with Gasteiger partial charge in [0.25, 0.3) is 0 Å². The zero-order chi connectivity index (χ0) is 9.68. The Morgan fingerprint density at radius 2 is 1.79 bits per heavy atom. The first-order valence-corrected chi connectivity index (χ1v) is 3.90. The van der Waals surface area contributed by atoms with E-state index in [9.17, 15) is 0 Å². The van der Waals surface area contributed by atoms with Gasteiger partial charge in [0.1, 0.15) is 0 Å². The normalized spacial score (nSPS) is 10.5. The van der Waals surface area contributed by atoms with Crippen LogP contribution < -0.4 is 5.73 Å². The lowest BCUT2D eigenvalue weighted by atomic mass is 10.0. The predicted molar refractivity (Wildman–Crippen MR) is 55.6 cm³/mol. The number of benzene rings is 1. The molecule has 0 radical (unpaired) electrons. The predicted octanol–water partition coefficient (Wildman–Crippen LogP) is 1.89. The Kier molecular flexibility index (Phi) is 5.33. The third kappa shape index (κ3) is 3.06. The van der Waals surface area contributed by atoms with E-state index in [0.717, 1.165) is 5.56 Å². The van der Waals surface area contributed by atoms with Crippen LogP contribution in [0.3, 0.4) is 0 Å². The Morgan fingerprint density at radius 1 is 1.21 bits per heavy atom. The average molecular weight is 208 g/mol. The van der Waals surface area contributed by atoms with Gasteiger partial charge in [-0.2, -0.15) is 10.5 Å². The van der Waals surface area contributed by atoms with Gasteiger partial charge < -0.3 is 5.73 Å². The smallest absolute Gasteiger partial charge is 0.0991 e. The van der Waals surface area contributed by atoms with Crippen LogP contribution in [-0.2, 0) is 0 Å². The molecule has 1 rings (SSSR count). The van der Waals surface area contributed by atoms with Crippen molar-refractivity contribution in [1.82, 2.24) is 0 Å². The van der Waals surface area contributed by atoms with Crippen LogP contribution in [-0.4, -0.2) is 0 Å². The number of nitriles is 2. The van der Waals surface area contributed by atoms with Crippen molar-refractivity contribution >= 4 is 12.4 Å². The van der Waals surface area contributed by atoms with Crippen molar-refractivity contribution in [3.05, 3.63) is 35.4 Å². The molecule has 0 aliphatic carbocycles. The molecule has 72 valence electrons. The van der Waals surface area contributed by atoms with Crippen molar-refractivity contribution < 1.29 is 0 Å². The van der Waals surface area contributed by atoms with E-state index >= 15 is 0 Å². The summed E-state index contributed by atoms with van der Waals surface area (Å²) in [6.07, 6.45) is 0.298. The molecule has 0 bridgehead atoms. The summed E-state index contributed by atoms with van der Waals surface area (Å²) < 4.78 is 0. The van der Waals surface area contributed by atoms with E-state index in [1.165, 1.54) is 0 Å². The van der Waals surface area contributed by atoms with E-state index in [0.29, 0.717) is 12.0 Å². The molecule has 1 atom stereocenters. The number of halogens is 1. The molecule has 0 spiro atoms. The van der Waals surface area contributed by atoms with Gasteiger partial charge >= 0.3 is 0 Å². The molecule has 14 heavy (non-hydrogen) atoms. The molecular formula is C10H10ClN3. The van der Waals surface area contributed by atoms with E-state index < -0.39 is 0 Å². The first-order chi connectivity index (χ1) is 6.27. The van der Waals surface area contributed by atoms with Gasteiger partial charge in [-0.15, -0.1) is 12.4 Å². The summed E-state index contributed by atoms with van der Waals surface area (Å²) in [4.78, 5) is 0. The van der Waals surface area contributed by atoms with Gasteiger partial charge in [-0.25, -0.2) is 0 Å². The van der Waals surface area contributed by atoms with E-state index in [1.54, 1.807) is 24.3 Å². The van der Waals surface area contributed by atoms with Crippen LogP contribution in [0.25, 0.3) is 0 Å². The van der Waals surface area contributed by atoms with Crippen LogP contribution in [0.1, 0.15) is 23.6 Å².